The molecule has 25 heavy (non-hydrogen) atoms. The van der Waals surface area contributed by atoms with E-state index in [1.165, 1.54) is 24.3 Å². The van der Waals surface area contributed by atoms with Crippen molar-refractivity contribution in [3.8, 4) is 5.75 Å². The van der Waals surface area contributed by atoms with E-state index in [0.29, 0.717) is 18.8 Å². The Balaban J connectivity index is 0.00000312. The van der Waals surface area contributed by atoms with Crippen molar-refractivity contribution in [3.05, 3.63) is 24.3 Å². The Labute approximate surface area is 151 Å². The Bertz CT molecular complexity index is 677. The van der Waals surface area contributed by atoms with Gasteiger partial charge in [0.15, 0.2) is 14.6 Å². The highest BCUT2D eigenvalue weighted by Gasteiger charge is 2.48. The normalized spacial score (nSPS) is 16.8. The first kappa shape index (κ1) is 21.6. The Morgan fingerprint density at radius 1 is 1.28 bits per heavy atom. The van der Waals surface area contributed by atoms with Crippen LogP contribution >= 0.6 is 12.4 Å². The van der Waals surface area contributed by atoms with Crippen molar-refractivity contribution < 1.29 is 26.7 Å². The first-order chi connectivity index (χ1) is 11.2. The van der Waals surface area contributed by atoms with Crippen LogP contribution in [0.1, 0.15) is 12.8 Å². The van der Waals surface area contributed by atoms with Crippen molar-refractivity contribution in [2.45, 2.75) is 24.0 Å². The average molecular weight is 399 g/mol. The lowest BCUT2D eigenvalue weighted by atomic mass is 9.95. The van der Waals surface area contributed by atoms with Crippen LogP contribution in [0.15, 0.2) is 24.3 Å². The molecule has 1 aliphatic heterocycles. The van der Waals surface area contributed by atoms with E-state index >= 15 is 0 Å². The molecular weight excluding hydrogens is 378 g/mol. The minimum Gasteiger partial charge on any atom is -0.488 e. The summed E-state index contributed by atoms with van der Waals surface area (Å²) in [5, 5.41) is 5.64. The molecule has 0 unspecified atom stereocenters. The molecule has 142 valence electrons. The van der Waals surface area contributed by atoms with Gasteiger partial charge >= 0.3 is 0 Å². The van der Waals surface area contributed by atoms with Gasteiger partial charge in [0, 0.05) is 11.9 Å². The number of hydrogen-bond acceptors (Lipinski definition) is 5. The second-order valence-corrected chi connectivity index (χ2v) is 8.02. The van der Waals surface area contributed by atoms with Gasteiger partial charge in [-0.3, -0.25) is 4.79 Å². The first-order valence-electron chi connectivity index (χ1n) is 7.47. The molecule has 6 nitrogen and oxygen atoms in total. The van der Waals surface area contributed by atoms with E-state index in [2.05, 4.69) is 10.6 Å². The summed E-state index contributed by atoms with van der Waals surface area (Å²) in [7, 11) is -3.59. The molecule has 1 heterocycles. The van der Waals surface area contributed by atoms with Crippen LogP contribution in [0.5, 0.6) is 5.75 Å². The highest BCUT2D eigenvalue weighted by atomic mass is 35.5. The zero-order valence-corrected chi connectivity index (χ0v) is 15.3. The number of nitrogens with one attached hydrogen (secondary N) is 2. The average Bonchev–Trinajstić information content (AvgIpc) is 2.53. The van der Waals surface area contributed by atoms with E-state index in [0.717, 1.165) is 6.26 Å². The predicted molar refractivity (Wildman–Crippen MR) is 93.5 cm³/mol. The maximum absolute atomic E-state index is 12.6. The fraction of sp³-hybridized carbons (Fsp3) is 0.533. The third-order valence-electron chi connectivity index (χ3n) is 4.02. The van der Waals surface area contributed by atoms with Gasteiger partial charge in [-0.15, -0.1) is 12.4 Å². The summed E-state index contributed by atoms with van der Waals surface area (Å²) in [6.07, 6.45) is -1.10. The summed E-state index contributed by atoms with van der Waals surface area (Å²) in [6, 6.07) is 5.84. The molecule has 0 spiro atoms. The van der Waals surface area contributed by atoms with Gasteiger partial charge in [0.25, 0.3) is 6.43 Å². The van der Waals surface area contributed by atoms with E-state index in [-0.39, 0.29) is 31.0 Å². The lowest BCUT2D eigenvalue weighted by Gasteiger charge is -2.34. The number of ether oxygens (including phenoxy) is 1. The van der Waals surface area contributed by atoms with Crippen molar-refractivity contribution in [2.75, 3.05) is 31.3 Å². The molecule has 1 aromatic rings. The Kier molecular flexibility index (Phi) is 7.58. The maximum atomic E-state index is 12.6. The Morgan fingerprint density at radius 2 is 1.84 bits per heavy atom. The lowest BCUT2D eigenvalue weighted by molar-refractivity contribution is -0.119. The fourth-order valence-corrected chi connectivity index (χ4v) is 3.97. The highest BCUT2D eigenvalue weighted by molar-refractivity contribution is 7.92. The third-order valence-corrected chi connectivity index (χ3v) is 6.04. The standard InChI is InChI=1S/C15H20F2N2O4S.ClH/c1-24(21,22)15(6-8-18-9-7-15)14(20)19-11-2-4-12(5-3-11)23-10-13(16)17;/h2-5,13,18H,6-10H2,1H3,(H,19,20);1H. The van der Waals surface area contributed by atoms with Gasteiger partial charge in [-0.1, -0.05) is 0 Å². The van der Waals surface area contributed by atoms with Gasteiger partial charge < -0.3 is 15.4 Å². The fourth-order valence-electron chi connectivity index (χ4n) is 2.64. The van der Waals surface area contributed by atoms with Gasteiger partial charge in [0.05, 0.1) is 0 Å². The number of amides is 1. The van der Waals surface area contributed by atoms with Crippen molar-refractivity contribution >= 4 is 33.8 Å². The quantitative estimate of drug-likeness (QED) is 0.764. The molecule has 1 amide bonds. The monoisotopic (exact) mass is 398 g/mol. The molecule has 2 N–H and O–H groups in total. The minimum absolute atomic E-state index is 0. The summed E-state index contributed by atoms with van der Waals surface area (Å²) >= 11 is 0. The molecule has 1 fully saturated rings. The number of hydrogen-bond donors (Lipinski definition) is 2. The highest BCUT2D eigenvalue weighted by Crippen LogP contribution is 2.29. The predicted octanol–water partition coefficient (Wildman–Crippen LogP) is 1.86. The number of carbonyl (C=O) groups excluding carboxylic acids is 1. The molecule has 1 aliphatic rings. The molecule has 1 saturated heterocycles. The minimum atomic E-state index is -3.59. The summed E-state index contributed by atoms with van der Waals surface area (Å²) < 4.78 is 51.9. The Morgan fingerprint density at radius 3 is 2.32 bits per heavy atom. The molecule has 10 heteroatoms. The maximum Gasteiger partial charge on any atom is 0.272 e. The van der Waals surface area contributed by atoms with Crippen LogP contribution in [-0.4, -0.2) is 51.4 Å². The van der Waals surface area contributed by atoms with Gasteiger partial charge in [-0.05, 0) is 50.2 Å². The number of benzene rings is 1. The van der Waals surface area contributed by atoms with E-state index in [9.17, 15) is 22.0 Å². The molecule has 0 radical (unpaired) electrons. The van der Waals surface area contributed by atoms with Crippen LogP contribution in [-0.2, 0) is 14.6 Å². The second kappa shape index (κ2) is 8.77. The van der Waals surface area contributed by atoms with Gasteiger partial charge in [0.2, 0.25) is 5.91 Å². The van der Waals surface area contributed by atoms with Gasteiger partial charge in [-0.25, -0.2) is 17.2 Å². The summed E-state index contributed by atoms with van der Waals surface area (Å²) in [5.41, 5.74) is 0.381. The number of sulfone groups is 1. The Hall–Kier alpha value is -1.45. The number of carbonyl (C=O) groups is 1. The number of alkyl halides is 2. The molecule has 0 aromatic heterocycles. The zero-order valence-electron chi connectivity index (χ0n) is 13.6. The number of piperidine rings is 1. The van der Waals surface area contributed by atoms with E-state index in [4.69, 9.17) is 4.74 Å². The van der Waals surface area contributed by atoms with Crippen LogP contribution in [0.2, 0.25) is 0 Å². The van der Waals surface area contributed by atoms with E-state index < -0.39 is 33.5 Å². The number of halogens is 3. The summed E-state index contributed by atoms with van der Waals surface area (Å²) in [6.45, 7) is 0.178. The van der Waals surface area contributed by atoms with Crippen molar-refractivity contribution in [3.63, 3.8) is 0 Å². The summed E-state index contributed by atoms with van der Waals surface area (Å²) in [4.78, 5) is 12.6. The van der Waals surface area contributed by atoms with Crippen LogP contribution in [0.3, 0.4) is 0 Å². The van der Waals surface area contributed by atoms with Crippen molar-refractivity contribution in [2.24, 2.45) is 0 Å². The van der Waals surface area contributed by atoms with Crippen molar-refractivity contribution in [1.82, 2.24) is 5.32 Å². The molecule has 2 rings (SSSR count). The smallest absolute Gasteiger partial charge is 0.272 e. The zero-order chi connectivity index (χ0) is 17.8. The van der Waals surface area contributed by atoms with E-state index in [1.54, 1.807) is 0 Å². The van der Waals surface area contributed by atoms with Crippen molar-refractivity contribution in [1.29, 1.82) is 0 Å². The SMILES string of the molecule is CS(=O)(=O)C1(C(=O)Nc2ccc(OCC(F)F)cc2)CCNCC1.Cl. The van der Waals surface area contributed by atoms with Crippen LogP contribution in [0.25, 0.3) is 0 Å². The molecule has 0 aliphatic carbocycles. The molecule has 0 bridgehead atoms. The van der Waals surface area contributed by atoms with E-state index in [1.807, 2.05) is 0 Å². The van der Waals surface area contributed by atoms with Crippen LogP contribution in [0, 0.1) is 0 Å². The van der Waals surface area contributed by atoms with Crippen LogP contribution < -0.4 is 15.4 Å². The molecular formula is C15H21ClF2N2O4S. The summed E-state index contributed by atoms with van der Waals surface area (Å²) in [5.74, 6) is -0.333. The lowest BCUT2D eigenvalue weighted by Crippen LogP contribution is -2.55. The molecule has 0 atom stereocenters. The third kappa shape index (κ3) is 5.26. The van der Waals surface area contributed by atoms with Gasteiger partial charge in [-0.2, -0.15) is 0 Å². The van der Waals surface area contributed by atoms with Gasteiger partial charge in [0.1, 0.15) is 12.4 Å². The largest absolute Gasteiger partial charge is 0.488 e. The van der Waals surface area contributed by atoms with Crippen LogP contribution in [0.4, 0.5) is 14.5 Å². The second-order valence-electron chi connectivity index (χ2n) is 5.70. The topological polar surface area (TPSA) is 84.5 Å². The number of anilines is 1. The molecule has 1 aromatic carbocycles. The first-order valence-corrected chi connectivity index (χ1v) is 9.36. The number of rotatable bonds is 6. The molecule has 0 saturated carbocycles.